The van der Waals surface area contributed by atoms with Crippen molar-refractivity contribution in [3.8, 4) is 11.5 Å². The lowest BCUT2D eigenvalue weighted by Crippen LogP contribution is -2.27. The highest BCUT2D eigenvalue weighted by Gasteiger charge is 2.33. The van der Waals surface area contributed by atoms with E-state index in [9.17, 15) is 4.79 Å². The topological polar surface area (TPSA) is 59.9 Å². The number of aliphatic imine (C=N–C) groups is 1. The molecule has 0 saturated carbocycles. The third-order valence-corrected chi connectivity index (χ3v) is 7.71. The van der Waals surface area contributed by atoms with Gasteiger partial charge in [-0.05, 0) is 79.0 Å². The number of rotatable bonds is 7. The van der Waals surface area contributed by atoms with E-state index in [1.165, 1.54) is 4.88 Å². The molecule has 0 saturated heterocycles. The SMILES string of the molecule is CCOc1ccc(C=Nc2sc3c(c2C(=O)Nc2ccccc2)CC[C@H](C(C)(C)C)C3)cc1OC. The zero-order chi connectivity index (χ0) is 25.0. The molecule has 1 atom stereocenters. The summed E-state index contributed by atoms with van der Waals surface area (Å²) >= 11 is 1.65. The zero-order valence-corrected chi connectivity index (χ0v) is 22.0. The Kier molecular flexibility index (Phi) is 7.60. The van der Waals surface area contributed by atoms with Gasteiger partial charge < -0.3 is 14.8 Å². The van der Waals surface area contributed by atoms with Gasteiger partial charge in [0, 0.05) is 16.8 Å². The molecule has 0 aliphatic heterocycles. The first-order valence-corrected chi connectivity index (χ1v) is 13.0. The number of fused-ring (bicyclic) bond motifs is 1. The van der Waals surface area contributed by atoms with Crippen LogP contribution >= 0.6 is 11.3 Å². The van der Waals surface area contributed by atoms with E-state index in [2.05, 4.69) is 26.1 Å². The monoisotopic (exact) mass is 490 g/mol. The van der Waals surface area contributed by atoms with Crippen molar-refractivity contribution in [1.29, 1.82) is 0 Å². The standard InChI is InChI=1S/C29H34N2O3S/c1-6-34-23-15-12-19(16-24(23)33-5)18-30-28-26(27(32)31-21-10-8-7-9-11-21)22-14-13-20(29(2,3)4)17-25(22)35-28/h7-12,15-16,18,20H,6,13-14,17H2,1-5H3,(H,31,32)/t20-/m0/s1. The van der Waals surface area contributed by atoms with Crippen LogP contribution in [0.3, 0.4) is 0 Å². The van der Waals surface area contributed by atoms with E-state index in [-0.39, 0.29) is 11.3 Å². The first-order chi connectivity index (χ1) is 16.8. The highest BCUT2D eigenvalue weighted by molar-refractivity contribution is 7.16. The molecule has 0 spiro atoms. The Morgan fingerprint density at radius 2 is 1.94 bits per heavy atom. The summed E-state index contributed by atoms with van der Waals surface area (Å²) in [6.45, 7) is 9.42. The molecule has 5 nitrogen and oxygen atoms in total. The van der Waals surface area contributed by atoms with E-state index >= 15 is 0 Å². The number of methoxy groups -OCH3 is 1. The fourth-order valence-corrected chi connectivity index (χ4v) is 5.79. The second-order valence-corrected chi connectivity index (χ2v) is 11.0. The lowest BCUT2D eigenvalue weighted by atomic mass is 9.72. The van der Waals surface area contributed by atoms with Gasteiger partial charge in [0.15, 0.2) is 11.5 Å². The molecule has 1 heterocycles. The summed E-state index contributed by atoms with van der Waals surface area (Å²) in [7, 11) is 1.63. The molecule has 1 amide bonds. The van der Waals surface area contributed by atoms with Crippen molar-refractivity contribution in [2.24, 2.45) is 16.3 Å². The third kappa shape index (κ3) is 5.76. The highest BCUT2D eigenvalue weighted by Crippen LogP contribution is 2.45. The smallest absolute Gasteiger partial charge is 0.259 e. The van der Waals surface area contributed by atoms with Gasteiger partial charge in [-0.2, -0.15) is 0 Å². The molecule has 1 aromatic heterocycles. The first kappa shape index (κ1) is 25.0. The van der Waals surface area contributed by atoms with Gasteiger partial charge in [-0.3, -0.25) is 4.79 Å². The molecule has 0 fully saturated rings. The zero-order valence-electron chi connectivity index (χ0n) is 21.2. The minimum atomic E-state index is -0.0978. The molecule has 3 aromatic rings. The van der Waals surface area contributed by atoms with E-state index in [1.54, 1.807) is 24.7 Å². The van der Waals surface area contributed by atoms with Gasteiger partial charge in [-0.15, -0.1) is 11.3 Å². The van der Waals surface area contributed by atoms with Crippen molar-refractivity contribution in [2.45, 2.75) is 47.0 Å². The Labute approximate surface area is 212 Å². The Morgan fingerprint density at radius 1 is 1.17 bits per heavy atom. The molecule has 1 aliphatic rings. The van der Waals surface area contributed by atoms with Crippen molar-refractivity contribution in [2.75, 3.05) is 19.0 Å². The molecule has 0 unspecified atom stereocenters. The molecule has 4 rings (SSSR count). The molecule has 1 N–H and O–H groups in total. The van der Waals surface area contributed by atoms with Gasteiger partial charge in [-0.1, -0.05) is 39.0 Å². The maximum Gasteiger partial charge on any atom is 0.259 e. The Balaban J connectivity index is 1.69. The molecule has 35 heavy (non-hydrogen) atoms. The van der Waals surface area contributed by atoms with E-state index in [1.807, 2.05) is 55.5 Å². The third-order valence-electron chi connectivity index (χ3n) is 6.55. The average Bonchev–Trinajstić information content (AvgIpc) is 3.21. The number of hydrogen-bond acceptors (Lipinski definition) is 5. The number of thiophene rings is 1. The number of nitrogens with zero attached hydrogens (tertiary/aromatic N) is 1. The number of benzene rings is 2. The molecule has 6 heteroatoms. The van der Waals surface area contributed by atoms with Crippen molar-refractivity contribution < 1.29 is 14.3 Å². The first-order valence-electron chi connectivity index (χ1n) is 12.2. The summed E-state index contributed by atoms with van der Waals surface area (Å²) in [5.41, 5.74) is 3.76. The number of ether oxygens (including phenoxy) is 2. The second-order valence-electron chi connectivity index (χ2n) is 9.91. The Morgan fingerprint density at radius 3 is 2.63 bits per heavy atom. The van der Waals surface area contributed by atoms with Gasteiger partial charge in [0.05, 0.1) is 19.3 Å². The summed E-state index contributed by atoms with van der Waals surface area (Å²) in [6.07, 6.45) is 4.77. The number of anilines is 1. The van der Waals surface area contributed by atoms with Crippen molar-refractivity contribution in [3.05, 3.63) is 70.1 Å². The van der Waals surface area contributed by atoms with Crippen molar-refractivity contribution in [3.63, 3.8) is 0 Å². The summed E-state index contributed by atoms with van der Waals surface area (Å²) < 4.78 is 11.1. The molecule has 1 aliphatic carbocycles. The predicted molar refractivity (Wildman–Crippen MR) is 145 cm³/mol. The van der Waals surface area contributed by atoms with Crippen molar-refractivity contribution >= 4 is 34.1 Å². The minimum absolute atomic E-state index is 0.0978. The summed E-state index contributed by atoms with van der Waals surface area (Å²) in [6, 6.07) is 15.3. The molecule has 0 bridgehead atoms. The van der Waals surface area contributed by atoms with E-state index in [0.29, 0.717) is 29.6 Å². The number of para-hydroxylation sites is 1. The quantitative estimate of drug-likeness (QED) is 0.353. The second kappa shape index (κ2) is 10.6. The maximum absolute atomic E-state index is 13.5. The lowest BCUT2D eigenvalue weighted by Gasteiger charge is -2.33. The highest BCUT2D eigenvalue weighted by atomic mass is 32.1. The van der Waals surface area contributed by atoms with Crippen molar-refractivity contribution in [1.82, 2.24) is 0 Å². The fraction of sp³-hybridized carbons (Fsp3) is 0.379. The van der Waals surface area contributed by atoms with E-state index in [4.69, 9.17) is 14.5 Å². The lowest BCUT2D eigenvalue weighted by molar-refractivity contribution is 0.102. The molecular weight excluding hydrogens is 456 g/mol. The number of nitrogens with one attached hydrogen (secondary N) is 1. The number of carbonyl (C=O) groups is 1. The Hall–Kier alpha value is -3.12. The molecular formula is C29H34N2O3S. The normalized spacial score (nSPS) is 15.6. The van der Waals surface area contributed by atoms with Crippen LogP contribution in [-0.4, -0.2) is 25.8 Å². The minimum Gasteiger partial charge on any atom is -0.493 e. The number of hydrogen-bond donors (Lipinski definition) is 1. The van der Waals surface area contributed by atoms with Crippen LogP contribution in [0.25, 0.3) is 0 Å². The molecule has 2 aromatic carbocycles. The Bertz CT molecular complexity index is 1210. The number of amides is 1. The van der Waals surface area contributed by atoms with Crippen LogP contribution in [0.1, 0.15) is 60.5 Å². The van der Waals surface area contributed by atoms with Gasteiger partial charge in [0.1, 0.15) is 5.00 Å². The van der Waals surface area contributed by atoms with Gasteiger partial charge >= 0.3 is 0 Å². The van der Waals surface area contributed by atoms with Crippen LogP contribution < -0.4 is 14.8 Å². The summed E-state index contributed by atoms with van der Waals surface area (Å²) in [5.74, 6) is 1.86. The van der Waals surface area contributed by atoms with Gasteiger partial charge in [0.2, 0.25) is 0 Å². The summed E-state index contributed by atoms with van der Waals surface area (Å²) in [4.78, 5) is 19.6. The van der Waals surface area contributed by atoms with Gasteiger partial charge in [-0.25, -0.2) is 4.99 Å². The van der Waals surface area contributed by atoms with Gasteiger partial charge in [0.25, 0.3) is 5.91 Å². The fourth-order valence-electron chi connectivity index (χ4n) is 4.52. The average molecular weight is 491 g/mol. The molecule has 0 radical (unpaired) electrons. The van der Waals surface area contributed by atoms with Crippen LogP contribution in [0.5, 0.6) is 11.5 Å². The van der Waals surface area contributed by atoms with E-state index < -0.39 is 0 Å². The maximum atomic E-state index is 13.5. The number of carbonyl (C=O) groups excluding carboxylic acids is 1. The molecule has 184 valence electrons. The largest absolute Gasteiger partial charge is 0.493 e. The van der Waals surface area contributed by atoms with Crippen LogP contribution in [-0.2, 0) is 12.8 Å². The van der Waals surface area contributed by atoms with E-state index in [0.717, 1.165) is 41.1 Å². The predicted octanol–water partition coefficient (Wildman–Crippen LogP) is 7.31. The summed E-state index contributed by atoms with van der Waals surface area (Å²) in [5, 5.41) is 3.83. The van der Waals surface area contributed by atoms with Crippen LogP contribution in [0.2, 0.25) is 0 Å². The van der Waals surface area contributed by atoms with Crippen LogP contribution in [0.15, 0.2) is 53.5 Å². The van der Waals surface area contributed by atoms with Crippen LogP contribution in [0, 0.1) is 11.3 Å². The van der Waals surface area contributed by atoms with Crippen LogP contribution in [0.4, 0.5) is 10.7 Å².